The molecule has 0 aromatic carbocycles. The van der Waals surface area contributed by atoms with Crippen molar-refractivity contribution in [1.29, 1.82) is 0 Å². The molecule has 16 heavy (non-hydrogen) atoms. The molecule has 4 aliphatic carbocycles. The summed E-state index contributed by atoms with van der Waals surface area (Å²) in [4.78, 5) is 0. The van der Waals surface area contributed by atoms with Gasteiger partial charge < -0.3 is 0 Å². The molecule has 0 saturated heterocycles. The quantitative estimate of drug-likeness (QED) is 0.610. The van der Waals surface area contributed by atoms with E-state index in [2.05, 4.69) is 0 Å². The molecule has 4 bridgehead atoms. The zero-order chi connectivity index (χ0) is 10.7. The number of fused-ring (bicyclic) bond motifs is 4. The van der Waals surface area contributed by atoms with Gasteiger partial charge in [0.2, 0.25) is 0 Å². The molecule has 4 rings (SSSR count). The van der Waals surface area contributed by atoms with Crippen molar-refractivity contribution >= 4 is 18.5 Å². The fourth-order valence-corrected chi connectivity index (χ4v) is 9.54. The van der Waals surface area contributed by atoms with Gasteiger partial charge in [0.1, 0.15) is 0 Å². The standard InChI is InChI=1S/C14H22ClP/c15-16(13-7-9-1-3-11(13)5-9)14-8-10-2-4-12(14)6-10/h9-14H,1-8H2. The molecule has 4 saturated carbocycles. The Hall–Kier alpha value is 0.720. The zero-order valence-corrected chi connectivity index (χ0v) is 11.6. The van der Waals surface area contributed by atoms with Crippen LogP contribution in [0.5, 0.6) is 0 Å². The van der Waals surface area contributed by atoms with Crippen LogP contribution in [0.2, 0.25) is 0 Å². The Morgan fingerprint density at radius 1 is 0.688 bits per heavy atom. The largest absolute Gasteiger partial charge is 0.0958 e. The van der Waals surface area contributed by atoms with Gasteiger partial charge in [0, 0.05) is 0 Å². The summed E-state index contributed by atoms with van der Waals surface area (Å²) in [6.45, 7) is 0. The summed E-state index contributed by atoms with van der Waals surface area (Å²) in [7, 11) is -0.140. The second-order valence-corrected chi connectivity index (χ2v) is 10.0. The number of halogens is 1. The Bertz CT molecular complexity index is 264. The Balaban J connectivity index is 1.48. The maximum Gasteiger partial charge on any atom is -0.00281 e. The van der Waals surface area contributed by atoms with Crippen LogP contribution in [-0.2, 0) is 0 Å². The van der Waals surface area contributed by atoms with Crippen LogP contribution in [0.3, 0.4) is 0 Å². The molecule has 0 spiro atoms. The van der Waals surface area contributed by atoms with E-state index < -0.39 is 0 Å². The predicted octanol–water partition coefficient (Wildman–Crippen LogP) is 5.00. The fraction of sp³-hybridized carbons (Fsp3) is 1.00. The molecule has 0 N–H and O–H groups in total. The molecule has 4 aliphatic rings. The molecule has 90 valence electrons. The van der Waals surface area contributed by atoms with Crippen molar-refractivity contribution in [2.24, 2.45) is 23.7 Å². The summed E-state index contributed by atoms with van der Waals surface area (Å²) in [6.07, 6.45) is 12.2. The summed E-state index contributed by atoms with van der Waals surface area (Å²) >= 11 is 6.95. The number of hydrogen-bond acceptors (Lipinski definition) is 0. The van der Waals surface area contributed by atoms with Gasteiger partial charge in [0.05, 0.1) is 0 Å². The van der Waals surface area contributed by atoms with E-state index in [9.17, 15) is 0 Å². The predicted molar refractivity (Wildman–Crippen MR) is 71.2 cm³/mol. The minimum atomic E-state index is -0.140. The van der Waals surface area contributed by atoms with Gasteiger partial charge in [-0.05, 0) is 80.8 Å². The highest BCUT2D eigenvalue weighted by Gasteiger charge is 2.49. The summed E-state index contributed by atoms with van der Waals surface area (Å²) in [5.41, 5.74) is 1.94. The van der Waals surface area contributed by atoms with Gasteiger partial charge in [-0.3, -0.25) is 0 Å². The molecule has 2 heteroatoms. The van der Waals surface area contributed by atoms with E-state index in [-0.39, 0.29) is 7.27 Å². The van der Waals surface area contributed by atoms with Crippen molar-refractivity contribution in [3.05, 3.63) is 0 Å². The maximum absolute atomic E-state index is 6.95. The van der Waals surface area contributed by atoms with E-state index in [1.807, 2.05) is 0 Å². The summed E-state index contributed by atoms with van der Waals surface area (Å²) < 4.78 is 0. The van der Waals surface area contributed by atoms with Crippen LogP contribution in [0.1, 0.15) is 51.4 Å². The third-order valence-electron chi connectivity index (χ3n) is 6.04. The normalized spacial score (nSPS) is 56.1. The second kappa shape index (κ2) is 3.86. The minimum Gasteiger partial charge on any atom is -0.0958 e. The van der Waals surface area contributed by atoms with Gasteiger partial charge in [-0.15, -0.1) is 0 Å². The van der Waals surface area contributed by atoms with Crippen molar-refractivity contribution in [1.82, 2.24) is 0 Å². The Kier molecular flexibility index (Phi) is 2.56. The first-order chi connectivity index (χ1) is 7.81. The van der Waals surface area contributed by atoms with Crippen molar-refractivity contribution in [2.75, 3.05) is 0 Å². The molecule has 0 amide bonds. The molecule has 0 nitrogen and oxygen atoms in total. The number of hydrogen-bond donors (Lipinski definition) is 0. The van der Waals surface area contributed by atoms with Gasteiger partial charge in [0.15, 0.2) is 0 Å². The third-order valence-corrected chi connectivity index (χ3v) is 10.1. The first-order valence-electron chi connectivity index (χ1n) is 7.25. The molecule has 0 radical (unpaired) electrons. The SMILES string of the molecule is ClP(C1CC2CCC1C2)C1CC2CCC1C2. The summed E-state index contributed by atoms with van der Waals surface area (Å²) in [6, 6.07) is 0. The number of rotatable bonds is 2. The van der Waals surface area contributed by atoms with Gasteiger partial charge in [0.25, 0.3) is 0 Å². The Labute approximate surface area is 105 Å². The van der Waals surface area contributed by atoms with Gasteiger partial charge in [-0.2, -0.15) is 0 Å². The lowest BCUT2D eigenvalue weighted by atomic mass is 10.00. The zero-order valence-electron chi connectivity index (χ0n) is 9.95. The fourth-order valence-electron chi connectivity index (χ4n) is 5.27. The van der Waals surface area contributed by atoms with E-state index in [1.165, 1.54) is 51.4 Å². The highest BCUT2D eigenvalue weighted by molar-refractivity contribution is 7.85. The van der Waals surface area contributed by atoms with E-state index in [4.69, 9.17) is 11.2 Å². The summed E-state index contributed by atoms with van der Waals surface area (Å²) in [5, 5.41) is 0. The van der Waals surface area contributed by atoms with Crippen LogP contribution >= 0.6 is 18.5 Å². The average Bonchev–Trinajstić information content (AvgIpc) is 3.06. The van der Waals surface area contributed by atoms with Crippen LogP contribution in [0.4, 0.5) is 0 Å². The van der Waals surface area contributed by atoms with Gasteiger partial charge in [-0.1, -0.05) is 24.1 Å². The molecule has 0 heterocycles. The molecule has 4 fully saturated rings. The van der Waals surface area contributed by atoms with E-state index >= 15 is 0 Å². The van der Waals surface area contributed by atoms with E-state index in [1.54, 1.807) is 0 Å². The monoisotopic (exact) mass is 256 g/mol. The molecule has 0 aromatic heterocycles. The topological polar surface area (TPSA) is 0 Å². The van der Waals surface area contributed by atoms with Crippen molar-refractivity contribution in [3.63, 3.8) is 0 Å². The van der Waals surface area contributed by atoms with E-state index in [0.717, 1.165) is 35.0 Å². The Morgan fingerprint density at radius 2 is 1.19 bits per heavy atom. The molecule has 6 atom stereocenters. The van der Waals surface area contributed by atoms with Crippen molar-refractivity contribution < 1.29 is 0 Å². The third kappa shape index (κ3) is 1.52. The van der Waals surface area contributed by atoms with Crippen molar-refractivity contribution in [3.8, 4) is 0 Å². The van der Waals surface area contributed by atoms with E-state index in [0.29, 0.717) is 0 Å². The lowest BCUT2D eigenvalue weighted by Gasteiger charge is -2.34. The van der Waals surface area contributed by atoms with Gasteiger partial charge in [-0.25, -0.2) is 0 Å². The molecule has 0 aromatic rings. The summed E-state index contributed by atoms with van der Waals surface area (Å²) in [5.74, 6) is 4.26. The molecule has 6 unspecified atom stereocenters. The smallest absolute Gasteiger partial charge is 0.00281 e. The first-order valence-corrected chi connectivity index (χ1v) is 9.64. The highest BCUT2D eigenvalue weighted by Crippen LogP contribution is 2.69. The van der Waals surface area contributed by atoms with Crippen LogP contribution in [0.25, 0.3) is 0 Å². The highest BCUT2D eigenvalue weighted by atomic mass is 35.7. The van der Waals surface area contributed by atoms with Crippen molar-refractivity contribution in [2.45, 2.75) is 62.7 Å². The van der Waals surface area contributed by atoms with Crippen LogP contribution < -0.4 is 0 Å². The van der Waals surface area contributed by atoms with Crippen LogP contribution in [0.15, 0.2) is 0 Å². The Morgan fingerprint density at radius 3 is 1.50 bits per heavy atom. The lowest BCUT2D eigenvalue weighted by molar-refractivity contribution is 0.465. The van der Waals surface area contributed by atoms with Crippen LogP contribution in [0, 0.1) is 23.7 Å². The van der Waals surface area contributed by atoms with Crippen LogP contribution in [-0.4, -0.2) is 11.3 Å². The average molecular weight is 257 g/mol. The molecular weight excluding hydrogens is 235 g/mol. The second-order valence-electron chi connectivity index (χ2n) is 6.83. The molecule has 0 aliphatic heterocycles. The minimum absolute atomic E-state index is 0.140. The van der Waals surface area contributed by atoms with Gasteiger partial charge >= 0.3 is 0 Å². The molecular formula is C14H22ClP. The lowest BCUT2D eigenvalue weighted by Crippen LogP contribution is -2.22. The first kappa shape index (κ1) is 10.6. The maximum atomic E-state index is 6.95.